The van der Waals surface area contributed by atoms with Gasteiger partial charge in [-0.15, -0.1) is 0 Å². The summed E-state index contributed by atoms with van der Waals surface area (Å²) >= 11 is 0. The van der Waals surface area contributed by atoms with Gasteiger partial charge in [-0.1, -0.05) is 64.8 Å². The average molecular weight is 230 g/mol. The smallest absolute Gasteiger partial charge is 0.0198 e. The Morgan fingerprint density at radius 1 is 0.882 bits per heavy atom. The molecule has 17 heavy (non-hydrogen) atoms. The van der Waals surface area contributed by atoms with Crippen molar-refractivity contribution < 1.29 is 0 Å². The average Bonchev–Trinajstić information content (AvgIpc) is 2.30. The highest BCUT2D eigenvalue weighted by Crippen LogP contribution is 2.23. The zero-order valence-corrected chi connectivity index (χ0v) is 11.7. The van der Waals surface area contributed by atoms with Gasteiger partial charge in [-0.05, 0) is 41.5 Å². The summed E-state index contributed by atoms with van der Waals surface area (Å²) in [5, 5.41) is 0. The van der Waals surface area contributed by atoms with Crippen molar-refractivity contribution in [3.8, 4) is 0 Å². The van der Waals surface area contributed by atoms with Gasteiger partial charge in [0, 0.05) is 0 Å². The molecule has 0 bridgehead atoms. The van der Waals surface area contributed by atoms with Crippen LogP contribution in [0.3, 0.4) is 0 Å². The van der Waals surface area contributed by atoms with E-state index in [0.717, 1.165) is 0 Å². The van der Waals surface area contributed by atoms with Gasteiger partial charge in [0.25, 0.3) is 0 Å². The molecule has 94 valence electrons. The predicted octanol–water partition coefficient (Wildman–Crippen LogP) is 5.19. The van der Waals surface area contributed by atoms with E-state index in [4.69, 9.17) is 0 Å². The van der Waals surface area contributed by atoms with Gasteiger partial charge >= 0.3 is 0 Å². The molecule has 0 atom stereocenters. The second-order valence-corrected chi connectivity index (χ2v) is 4.78. The summed E-state index contributed by atoms with van der Waals surface area (Å²) < 4.78 is 0. The molecule has 0 aliphatic rings. The van der Waals surface area contributed by atoms with Crippen LogP contribution >= 0.6 is 0 Å². The first kappa shape index (κ1) is 14.0. The highest BCUT2D eigenvalue weighted by Gasteiger charge is 2.07. The van der Waals surface area contributed by atoms with Crippen LogP contribution in [0, 0.1) is 0 Å². The Balaban J connectivity index is 3.18. The van der Waals surface area contributed by atoms with Crippen LogP contribution in [0.2, 0.25) is 0 Å². The third kappa shape index (κ3) is 3.73. The third-order valence-electron chi connectivity index (χ3n) is 3.19. The normalized spacial score (nSPS) is 10.5. The maximum Gasteiger partial charge on any atom is -0.0198 e. The lowest BCUT2D eigenvalue weighted by Gasteiger charge is -2.14. The third-order valence-corrected chi connectivity index (χ3v) is 3.19. The Bertz CT molecular complexity index is 333. The predicted molar refractivity (Wildman–Crippen MR) is 78.5 cm³/mol. The summed E-state index contributed by atoms with van der Waals surface area (Å²) in [5.74, 6) is 0. The molecule has 0 radical (unpaired) electrons. The molecule has 0 unspecified atom stereocenters. The molecular weight excluding hydrogens is 204 g/mol. The molecular formula is C17H26. The van der Waals surface area contributed by atoms with Crippen LogP contribution in [-0.4, -0.2) is 0 Å². The molecule has 0 aliphatic carbocycles. The molecule has 1 rings (SSSR count). The SMILES string of the molecule is C=Cc1c(CCC)cc(CCC)cc1CCC. The van der Waals surface area contributed by atoms with Crippen molar-refractivity contribution in [2.24, 2.45) is 0 Å². The first-order valence-electron chi connectivity index (χ1n) is 7.03. The zero-order valence-electron chi connectivity index (χ0n) is 11.7. The van der Waals surface area contributed by atoms with Gasteiger partial charge in [0.05, 0.1) is 0 Å². The minimum Gasteiger partial charge on any atom is -0.0984 e. The summed E-state index contributed by atoms with van der Waals surface area (Å²) in [6, 6.07) is 4.78. The summed E-state index contributed by atoms with van der Waals surface area (Å²) in [7, 11) is 0. The lowest BCUT2D eigenvalue weighted by atomic mass is 9.91. The van der Waals surface area contributed by atoms with Crippen molar-refractivity contribution in [3.05, 3.63) is 41.0 Å². The van der Waals surface area contributed by atoms with Crippen LogP contribution in [0.25, 0.3) is 6.08 Å². The Kier molecular flexibility index (Phi) is 6.04. The minimum absolute atomic E-state index is 1.18. The lowest BCUT2D eigenvalue weighted by molar-refractivity contribution is 0.867. The summed E-state index contributed by atoms with van der Waals surface area (Å²) in [6.07, 6.45) is 9.25. The Labute approximate surface area is 107 Å². The molecule has 0 aromatic heterocycles. The van der Waals surface area contributed by atoms with Crippen LogP contribution in [-0.2, 0) is 19.3 Å². The monoisotopic (exact) mass is 230 g/mol. The van der Waals surface area contributed by atoms with E-state index in [9.17, 15) is 0 Å². The molecule has 1 aromatic rings. The summed E-state index contributed by atoms with van der Waals surface area (Å²) in [5.41, 5.74) is 5.90. The number of rotatable bonds is 7. The second-order valence-electron chi connectivity index (χ2n) is 4.78. The van der Waals surface area contributed by atoms with E-state index in [1.54, 1.807) is 0 Å². The fraction of sp³-hybridized carbons (Fsp3) is 0.529. The van der Waals surface area contributed by atoms with Crippen LogP contribution in [0.15, 0.2) is 18.7 Å². The van der Waals surface area contributed by atoms with Crippen molar-refractivity contribution in [1.82, 2.24) is 0 Å². The van der Waals surface area contributed by atoms with Crippen molar-refractivity contribution in [2.45, 2.75) is 59.3 Å². The zero-order chi connectivity index (χ0) is 12.7. The van der Waals surface area contributed by atoms with Crippen molar-refractivity contribution in [1.29, 1.82) is 0 Å². The fourth-order valence-corrected chi connectivity index (χ4v) is 2.50. The topological polar surface area (TPSA) is 0 Å². The molecule has 0 N–H and O–H groups in total. The molecule has 0 saturated carbocycles. The summed E-state index contributed by atoms with van der Waals surface area (Å²) in [6.45, 7) is 10.7. The largest absolute Gasteiger partial charge is 0.0984 e. The van der Waals surface area contributed by atoms with Crippen LogP contribution < -0.4 is 0 Å². The van der Waals surface area contributed by atoms with Crippen LogP contribution in [0.1, 0.15) is 62.3 Å². The van der Waals surface area contributed by atoms with E-state index in [0.29, 0.717) is 0 Å². The molecule has 0 heteroatoms. The van der Waals surface area contributed by atoms with Gasteiger partial charge in [0.1, 0.15) is 0 Å². The second kappa shape index (κ2) is 7.32. The first-order valence-corrected chi connectivity index (χ1v) is 7.03. The van der Waals surface area contributed by atoms with Gasteiger partial charge in [0.2, 0.25) is 0 Å². The molecule has 0 nitrogen and oxygen atoms in total. The van der Waals surface area contributed by atoms with Crippen LogP contribution in [0.4, 0.5) is 0 Å². The van der Waals surface area contributed by atoms with E-state index in [2.05, 4.69) is 39.5 Å². The standard InChI is InChI=1S/C17H26/c1-5-9-14-12-15(10-6-2)17(8-4)16(13-14)11-7-3/h8,12-13H,4-7,9-11H2,1-3H3. The van der Waals surface area contributed by atoms with Gasteiger partial charge < -0.3 is 0 Å². The van der Waals surface area contributed by atoms with Crippen molar-refractivity contribution in [2.75, 3.05) is 0 Å². The Morgan fingerprint density at radius 2 is 1.35 bits per heavy atom. The quantitative estimate of drug-likeness (QED) is 0.605. The van der Waals surface area contributed by atoms with E-state index in [1.807, 2.05) is 6.08 Å². The Hall–Kier alpha value is -1.04. The number of hydrogen-bond acceptors (Lipinski definition) is 0. The van der Waals surface area contributed by atoms with Gasteiger partial charge in [-0.3, -0.25) is 0 Å². The minimum atomic E-state index is 1.18. The molecule has 0 saturated heterocycles. The number of aryl methyl sites for hydroxylation is 3. The highest BCUT2D eigenvalue weighted by molar-refractivity contribution is 5.58. The van der Waals surface area contributed by atoms with E-state index < -0.39 is 0 Å². The molecule has 0 heterocycles. The molecule has 0 spiro atoms. The molecule has 0 fully saturated rings. The van der Waals surface area contributed by atoms with Crippen molar-refractivity contribution >= 4 is 6.08 Å². The summed E-state index contributed by atoms with van der Waals surface area (Å²) in [4.78, 5) is 0. The maximum absolute atomic E-state index is 3.99. The van der Waals surface area contributed by atoms with Crippen molar-refractivity contribution in [3.63, 3.8) is 0 Å². The number of benzene rings is 1. The van der Waals surface area contributed by atoms with Crippen LogP contribution in [0.5, 0.6) is 0 Å². The Morgan fingerprint density at radius 3 is 1.71 bits per heavy atom. The lowest BCUT2D eigenvalue weighted by Crippen LogP contribution is -1.99. The highest BCUT2D eigenvalue weighted by atomic mass is 14.1. The van der Waals surface area contributed by atoms with E-state index in [1.165, 1.54) is 60.8 Å². The van der Waals surface area contributed by atoms with E-state index >= 15 is 0 Å². The molecule has 1 aromatic carbocycles. The maximum atomic E-state index is 3.99. The van der Waals surface area contributed by atoms with Gasteiger partial charge in [0.15, 0.2) is 0 Å². The number of hydrogen-bond donors (Lipinski definition) is 0. The molecule has 0 aliphatic heterocycles. The fourth-order valence-electron chi connectivity index (χ4n) is 2.50. The van der Waals surface area contributed by atoms with E-state index in [-0.39, 0.29) is 0 Å². The molecule has 0 amide bonds. The van der Waals surface area contributed by atoms with Gasteiger partial charge in [-0.25, -0.2) is 0 Å². The van der Waals surface area contributed by atoms with Gasteiger partial charge in [-0.2, -0.15) is 0 Å². The first-order chi connectivity index (χ1) is 8.26.